The van der Waals surface area contributed by atoms with Gasteiger partial charge in [-0.3, -0.25) is 9.63 Å². The molecule has 0 fully saturated rings. The molecule has 0 saturated heterocycles. The highest BCUT2D eigenvalue weighted by molar-refractivity contribution is 9.10. The van der Waals surface area contributed by atoms with E-state index in [1.165, 1.54) is 18.4 Å². The van der Waals surface area contributed by atoms with Crippen molar-refractivity contribution in [3.05, 3.63) is 15.0 Å². The Bertz CT molecular complexity index is 289. The van der Waals surface area contributed by atoms with Crippen molar-refractivity contribution in [2.24, 2.45) is 0 Å². The zero-order valence-electron chi connectivity index (χ0n) is 6.57. The minimum atomic E-state index is -0.202. The monoisotopic (exact) mass is 250 g/mol. The lowest BCUT2D eigenvalue weighted by molar-refractivity contribution is -0.0754. The number of carbonyl (C=O) groups excluding carboxylic acids is 1. The van der Waals surface area contributed by atoms with Crippen molar-refractivity contribution in [1.82, 2.24) is 10.0 Å². The van der Waals surface area contributed by atoms with E-state index in [4.69, 9.17) is 4.84 Å². The molecule has 0 aliphatic heterocycles. The largest absolute Gasteiger partial charge is 0.290 e. The number of carbonyl (C=O) groups is 1. The molecule has 66 valence electrons. The minimum Gasteiger partial charge on any atom is -0.274 e. The first-order valence-corrected chi connectivity index (χ1v) is 4.75. The van der Waals surface area contributed by atoms with E-state index in [9.17, 15) is 4.79 Å². The van der Waals surface area contributed by atoms with Crippen molar-refractivity contribution in [3.63, 3.8) is 0 Å². The molecule has 1 aromatic rings. The maximum absolute atomic E-state index is 11.4. The van der Waals surface area contributed by atoms with Gasteiger partial charge in [-0.05, 0) is 15.9 Å². The van der Waals surface area contributed by atoms with Crippen molar-refractivity contribution < 1.29 is 9.63 Å². The molecule has 0 unspecified atom stereocenters. The van der Waals surface area contributed by atoms with Gasteiger partial charge in [-0.15, -0.1) is 11.3 Å². The highest BCUT2D eigenvalue weighted by Crippen LogP contribution is 2.20. The maximum Gasteiger partial charge on any atom is 0.290 e. The van der Waals surface area contributed by atoms with Crippen molar-refractivity contribution >= 4 is 33.2 Å². The van der Waals surface area contributed by atoms with E-state index >= 15 is 0 Å². The first kappa shape index (κ1) is 9.63. The number of thiazole rings is 1. The van der Waals surface area contributed by atoms with Gasteiger partial charge >= 0.3 is 0 Å². The Morgan fingerprint density at radius 2 is 2.50 bits per heavy atom. The predicted octanol–water partition coefficient (Wildman–Crippen LogP) is 1.54. The van der Waals surface area contributed by atoms with Gasteiger partial charge in [0, 0.05) is 7.05 Å². The third kappa shape index (κ3) is 1.82. The quantitative estimate of drug-likeness (QED) is 0.749. The second-order valence-corrected chi connectivity index (χ2v) is 3.56. The van der Waals surface area contributed by atoms with Crippen LogP contribution in [0.1, 0.15) is 9.67 Å². The maximum atomic E-state index is 11.4. The van der Waals surface area contributed by atoms with Gasteiger partial charge in [0.1, 0.15) is 9.48 Å². The van der Waals surface area contributed by atoms with Crippen LogP contribution >= 0.6 is 27.3 Å². The summed E-state index contributed by atoms with van der Waals surface area (Å²) < 4.78 is 0.557. The third-order valence-electron chi connectivity index (χ3n) is 1.28. The molecule has 1 rings (SSSR count). The molecule has 0 N–H and O–H groups in total. The van der Waals surface area contributed by atoms with Crippen LogP contribution < -0.4 is 0 Å². The Morgan fingerprint density at radius 1 is 1.83 bits per heavy atom. The SMILES string of the molecule is CON(C)C(=O)c1scnc1Br. The number of aromatic nitrogens is 1. The van der Waals surface area contributed by atoms with Crippen LogP contribution in [0.4, 0.5) is 0 Å². The van der Waals surface area contributed by atoms with Gasteiger partial charge in [-0.25, -0.2) is 10.0 Å². The van der Waals surface area contributed by atoms with Crippen molar-refractivity contribution in [3.8, 4) is 0 Å². The van der Waals surface area contributed by atoms with Crippen molar-refractivity contribution in [2.45, 2.75) is 0 Å². The number of halogens is 1. The van der Waals surface area contributed by atoms with Crippen LogP contribution in [0.15, 0.2) is 10.1 Å². The van der Waals surface area contributed by atoms with E-state index < -0.39 is 0 Å². The predicted molar refractivity (Wildman–Crippen MR) is 48.9 cm³/mol. The molecule has 0 spiro atoms. The third-order valence-corrected chi connectivity index (χ3v) is 2.96. The highest BCUT2D eigenvalue weighted by atomic mass is 79.9. The van der Waals surface area contributed by atoms with E-state index in [1.54, 1.807) is 12.6 Å². The number of hydroxylamine groups is 2. The fourth-order valence-electron chi connectivity index (χ4n) is 0.597. The van der Waals surface area contributed by atoms with Crippen molar-refractivity contribution in [1.29, 1.82) is 0 Å². The van der Waals surface area contributed by atoms with Gasteiger partial charge in [0.05, 0.1) is 12.6 Å². The molecular formula is C6H7BrN2O2S. The summed E-state index contributed by atoms with van der Waals surface area (Å²) in [6.45, 7) is 0. The molecule has 12 heavy (non-hydrogen) atoms. The summed E-state index contributed by atoms with van der Waals surface area (Å²) in [4.78, 5) is 20.6. The van der Waals surface area contributed by atoms with Gasteiger partial charge in [0.25, 0.3) is 5.91 Å². The first-order chi connectivity index (χ1) is 5.66. The average molecular weight is 251 g/mol. The summed E-state index contributed by atoms with van der Waals surface area (Å²) >= 11 is 4.43. The Morgan fingerprint density at radius 3 is 2.92 bits per heavy atom. The zero-order valence-corrected chi connectivity index (χ0v) is 8.98. The molecule has 0 bridgehead atoms. The van der Waals surface area contributed by atoms with Gasteiger partial charge in [-0.1, -0.05) is 0 Å². The Labute approximate surface area is 82.2 Å². The van der Waals surface area contributed by atoms with E-state index in [0.29, 0.717) is 9.48 Å². The van der Waals surface area contributed by atoms with E-state index in [0.717, 1.165) is 5.06 Å². The summed E-state index contributed by atoms with van der Waals surface area (Å²) in [5.41, 5.74) is 1.60. The van der Waals surface area contributed by atoms with Crippen LogP contribution in [-0.4, -0.2) is 30.1 Å². The van der Waals surface area contributed by atoms with Crippen LogP contribution in [-0.2, 0) is 4.84 Å². The van der Waals surface area contributed by atoms with E-state index in [-0.39, 0.29) is 5.91 Å². The first-order valence-electron chi connectivity index (χ1n) is 3.08. The fraction of sp³-hybridized carbons (Fsp3) is 0.333. The summed E-state index contributed by atoms with van der Waals surface area (Å²) in [6, 6.07) is 0. The number of nitrogens with zero attached hydrogens (tertiary/aromatic N) is 2. The molecule has 4 nitrogen and oxygen atoms in total. The smallest absolute Gasteiger partial charge is 0.274 e. The normalized spacial score (nSPS) is 9.92. The van der Waals surface area contributed by atoms with Gasteiger partial charge in [0.2, 0.25) is 0 Å². The molecule has 0 saturated carbocycles. The van der Waals surface area contributed by atoms with Crippen LogP contribution in [0.2, 0.25) is 0 Å². The summed E-state index contributed by atoms with van der Waals surface area (Å²) in [5, 5.41) is 1.15. The summed E-state index contributed by atoms with van der Waals surface area (Å²) in [7, 11) is 2.99. The lowest BCUT2D eigenvalue weighted by atomic mass is 10.5. The summed E-state index contributed by atoms with van der Waals surface area (Å²) in [6.07, 6.45) is 0. The molecule has 1 amide bonds. The Hall–Kier alpha value is -0.460. The summed E-state index contributed by atoms with van der Waals surface area (Å²) in [5.74, 6) is -0.202. The second kappa shape index (κ2) is 3.97. The standard InChI is InChI=1S/C6H7BrN2O2S/c1-9(11-2)6(10)4-5(7)8-3-12-4/h3H,1-2H3. The molecule has 0 aliphatic carbocycles. The average Bonchev–Trinajstić information content (AvgIpc) is 2.48. The molecule has 1 aromatic heterocycles. The van der Waals surface area contributed by atoms with Gasteiger partial charge in [0.15, 0.2) is 0 Å². The van der Waals surface area contributed by atoms with E-state index in [2.05, 4.69) is 20.9 Å². The van der Waals surface area contributed by atoms with Crippen LogP contribution in [0.25, 0.3) is 0 Å². The molecule has 0 radical (unpaired) electrons. The zero-order chi connectivity index (χ0) is 9.14. The minimum absolute atomic E-state index is 0.202. The van der Waals surface area contributed by atoms with Crippen molar-refractivity contribution in [2.75, 3.05) is 14.2 Å². The van der Waals surface area contributed by atoms with Crippen LogP contribution in [0.3, 0.4) is 0 Å². The topological polar surface area (TPSA) is 42.4 Å². The van der Waals surface area contributed by atoms with Gasteiger partial charge in [-0.2, -0.15) is 0 Å². The molecular weight excluding hydrogens is 244 g/mol. The Balaban J connectivity index is 2.85. The van der Waals surface area contributed by atoms with Gasteiger partial charge < -0.3 is 0 Å². The number of amides is 1. The molecule has 1 heterocycles. The molecule has 6 heteroatoms. The van der Waals surface area contributed by atoms with E-state index in [1.807, 2.05) is 0 Å². The van der Waals surface area contributed by atoms with Crippen LogP contribution in [0, 0.1) is 0 Å². The number of hydrogen-bond acceptors (Lipinski definition) is 4. The lowest BCUT2D eigenvalue weighted by Crippen LogP contribution is -2.24. The highest BCUT2D eigenvalue weighted by Gasteiger charge is 2.16. The van der Waals surface area contributed by atoms with Crippen LogP contribution in [0.5, 0.6) is 0 Å². The molecule has 0 atom stereocenters. The number of hydrogen-bond donors (Lipinski definition) is 0. The number of rotatable bonds is 2. The second-order valence-electron chi connectivity index (χ2n) is 1.96. The fourth-order valence-corrected chi connectivity index (χ4v) is 1.93. The molecule has 0 aliphatic rings. The lowest BCUT2D eigenvalue weighted by Gasteiger charge is -2.11. The molecule has 0 aromatic carbocycles. The Kier molecular flexibility index (Phi) is 3.19.